The molecule has 0 aliphatic rings. The van der Waals surface area contributed by atoms with Crippen LogP contribution in [-0.4, -0.2) is 24.4 Å². The third kappa shape index (κ3) is 4.74. The van der Waals surface area contributed by atoms with E-state index in [9.17, 15) is 14.4 Å². The summed E-state index contributed by atoms with van der Waals surface area (Å²) in [6.45, 7) is 4.84. The number of nitriles is 1. The van der Waals surface area contributed by atoms with Gasteiger partial charge in [0.05, 0.1) is 29.5 Å². The number of amides is 2. The zero-order valence-electron chi connectivity index (χ0n) is 15.9. The van der Waals surface area contributed by atoms with Crippen LogP contribution in [0, 0.1) is 16.7 Å². The first kappa shape index (κ1) is 20.6. The SMILES string of the molecule is CCOC(=O)c1ccccc1NC(=O)C(C)(C)C(=O)Nc1cccc(C#N)c1. The van der Waals surface area contributed by atoms with Crippen LogP contribution in [0.5, 0.6) is 0 Å². The Bertz CT molecular complexity index is 945. The molecule has 0 aliphatic carbocycles. The Morgan fingerprint density at radius 3 is 2.39 bits per heavy atom. The average molecular weight is 379 g/mol. The number of esters is 1. The van der Waals surface area contributed by atoms with Crippen LogP contribution in [0.1, 0.15) is 36.7 Å². The lowest BCUT2D eigenvalue weighted by Gasteiger charge is -2.23. The van der Waals surface area contributed by atoms with Gasteiger partial charge in [0.2, 0.25) is 11.8 Å². The van der Waals surface area contributed by atoms with Crippen molar-refractivity contribution in [3.05, 3.63) is 59.7 Å². The van der Waals surface area contributed by atoms with Crippen molar-refractivity contribution in [3.8, 4) is 6.07 Å². The Morgan fingerprint density at radius 1 is 1.04 bits per heavy atom. The van der Waals surface area contributed by atoms with E-state index in [1.807, 2.05) is 6.07 Å². The summed E-state index contributed by atoms with van der Waals surface area (Å²) in [4.78, 5) is 37.4. The van der Waals surface area contributed by atoms with Crippen molar-refractivity contribution >= 4 is 29.2 Å². The van der Waals surface area contributed by atoms with Gasteiger partial charge in [0.25, 0.3) is 0 Å². The molecule has 2 aromatic carbocycles. The molecule has 0 heterocycles. The zero-order valence-corrected chi connectivity index (χ0v) is 15.9. The van der Waals surface area contributed by atoms with E-state index in [2.05, 4.69) is 10.6 Å². The number of carbonyl (C=O) groups is 3. The Labute approximate surface area is 163 Å². The Balaban J connectivity index is 2.17. The number of carbonyl (C=O) groups excluding carboxylic acids is 3. The second-order valence-corrected chi connectivity index (χ2v) is 6.49. The number of nitrogens with zero attached hydrogens (tertiary/aromatic N) is 1. The highest BCUT2D eigenvalue weighted by Gasteiger charge is 2.36. The van der Waals surface area contributed by atoms with Crippen molar-refractivity contribution in [3.63, 3.8) is 0 Å². The van der Waals surface area contributed by atoms with E-state index in [-0.39, 0.29) is 17.9 Å². The van der Waals surface area contributed by atoms with Gasteiger partial charge >= 0.3 is 5.97 Å². The third-order valence-corrected chi connectivity index (χ3v) is 4.06. The summed E-state index contributed by atoms with van der Waals surface area (Å²) in [6.07, 6.45) is 0. The molecule has 2 amide bonds. The number of benzene rings is 2. The topological polar surface area (TPSA) is 108 Å². The number of para-hydroxylation sites is 1. The molecule has 0 aromatic heterocycles. The molecule has 0 saturated carbocycles. The summed E-state index contributed by atoms with van der Waals surface area (Å²) in [7, 11) is 0. The predicted octanol–water partition coefficient (Wildman–Crippen LogP) is 3.34. The highest BCUT2D eigenvalue weighted by atomic mass is 16.5. The minimum Gasteiger partial charge on any atom is -0.462 e. The van der Waals surface area contributed by atoms with Crippen molar-refractivity contribution < 1.29 is 19.1 Å². The quantitative estimate of drug-likeness (QED) is 0.591. The normalized spacial score (nSPS) is 10.5. The van der Waals surface area contributed by atoms with Gasteiger partial charge < -0.3 is 15.4 Å². The highest BCUT2D eigenvalue weighted by molar-refractivity contribution is 6.15. The molecule has 7 nitrogen and oxygen atoms in total. The maximum atomic E-state index is 12.7. The lowest BCUT2D eigenvalue weighted by molar-refractivity contribution is -0.135. The zero-order chi connectivity index (χ0) is 20.7. The summed E-state index contributed by atoms with van der Waals surface area (Å²) in [5.41, 5.74) is -0.168. The molecule has 0 saturated heterocycles. The summed E-state index contributed by atoms with van der Waals surface area (Å²) in [5, 5.41) is 14.2. The molecule has 7 heteroatoms. The van der Waals surface area contributed by atoms with Crippen LogP contribution in [-0.2, 0) is 14.3 Å². The number of hydrogen-bond donors (Lipinski definition) is 2. The van der Waals surface area contributed by atoms with Gasteiger partial charge in [-0.15, -0.1) is 0 Å². The van der Waals surface area contributed by atoms with Crippen LogP contribution in [0.25, 0.3) is 0 Å². The van der Waals surface area contributed by atoms with E-state index < -0.39 is 23.2 Å². The molecule has 2 aromatic rings. The lowest BCUT2D eigenvalue weighted by atomic mass is 9.90. The maximum absolute atomic E-state index is 12.7. The van der Waals surface area contributed by atoms with Crippen LogP contribution in [0.3, 0.4) is 0 Å². The third-order valence-electron chi connectivity index (χ3n) is 4.06. The summed E-state index contributed by atoms with van der Waals surface area (Å²) < 4.78 is 4.99. The number of hydrogen-bond acceptors (Lipinski definition) is 5. The Morgan fingerprint density at radius 2 is 1.71 bits per heavy atom. The van der Waals surface area contributed by atoms with E-state index in [0.717, 1.165) is 0 Å². The molecule has 0 fully saturated rings. The van der Waals surface area contributed by atoms with Crippen molar-refractivity contribution in [2.45, 2.75) is 20.8 Å². The Hall–Kier alpha value is -3.66. The molecule has 2 rings (SSSR count). The minimum absolute atomic E-state index is 0.204. The van der Waals surface area contributed by atoms with Gasteiger partial charge in [-0.05, 0) is 51.1 Å². The van der Waals surface area contributed by atoms with E-state index >= 15 is 0 Å². The highest BCUT2D eigenvalue weighted by Crippen LogP contribution is 2.24. The van der Waals surface area contributed by atoms with Crippen molar-refractivity contribution in [1.82, 2.24) is 0 Å². The summed E-state index contributed by atoms with van der Waals surface area (Å²) >= 11 is 0. The number of nitrogens with one attached hydrogen (secondary N) is 2. The van der Waals surface area contributed by atoms with Crippen LogP contribution < -0.4 is 10.6 Å². The van der Waals surface area contributed by atoms with E-state index in [4.69, 9.17) is 10.00 Å². The van der Waals surface area contributed by atoms with Gasteiger partial charge in [-0.25, -0.2) is 4.79 Å². The number of ether oxygens (including phenoxy) is 1. The molecule has 0 aliphatic heterocycles. The molecule has 144 valence electrons. The average Bonchev–Trinajstić information content (AvgIpc) is 2.68. The number of anilines is 2. The first-order valence-corrected chi connectivity index (χ1v) is 8.68. The predicted molar refractivity (Wildman–Crippen MR) is 105 cm³/mol. The van der Waals surface area contributed by atoms with Crippen LogP contribution in [0.4, 0.5) is 11.4 Å². The van der Waals surface area contributed by atoms with Crippen LogP contribution >= 0.6 is 0 Å². The fraction of sp³-hybridized carbons (Fsp3) is 0.238. The molecule has 2 N–H and O–H groups in total. The first-order chi connectivity index (χ1) is 13.3. The van der Waals surface area contributed by atoms with E-state index in [0.29, 0.717) is 11.3 Å². The van der Waals surface area contributed by atoms with Gasteiger partial charge in [-0.2, -0.15) is 5.26 Å². The summed E-state index contributed by atoms with van der Waals surface area (Å²) in [6, 6.07) is 14.8. The van der Waals surface area contributed by atoms with Gasteiger partial charge in [-0.1, -0.05) is 18.2 Å². The van der Waals surface area contributed by atoms with Gasteiger partial charge in [0.15, 0.2) is 0 Å². The minimum atomic E-state index is -1.44. The largest absolute Gasteiger partial charge is 0.462 e. The van der Waals surface area contributed by atoms with Gasteiger partial charge in [0, 0.05) is 5.69 Å². The molecule has 0 atom stereocenters. The van der Waals surface area contributed by atoms with Gasteiger partial charge in [-0.3, -0.25) is 9.59 Å². The molecular weight excluding hydrogens is 358 g/mol. The first-order valence-electron chi connectivity index (χ1n) is 8.68. The molecule has 0 unspecified atom stereocenters. The lowest BCUT2D eigenvalue weighted by Crippen LogP contribution is -2.41. The fourth-order valence-electron chi connectivity index (χ4n) is 2.31. The van der Waals surface area contributed by atoms with E-state index in [1.54, 1.807) is 43.3 Å². The van der Waals surface area contributed by atoms with Crippen LogP contribution in [0.15, 0.2) is 48.5 Å². The molecule has 0 spiro atoms. The van der Waals surface area contributed by atoms with Crippen LogP contribution in [0.2, 0.25) is 0 Å². The monoisotopic (exact) mass is 379 g/mol. The van der Waals surface area contributed by atoms with Crippen molar-refractivity contribution in [1.29, 1.82) is 5.26 Å². The second-order valence-electron chi connectivity index (χ2n) is 6.49. The molecule has 0 bridgehead atoms. The summed E-state index contributed by atoms with van der Waals surface area (Å²) in [5.74, 6) is -1.69. The molecule has 0 radical (unpaired) electrons. The van der Waals surface area contributed by atoms with Crippen molar-refractivity contribution in [2.24, 2.45) is 5.41 Å². The smallest absolute Gasteiger partial charge is 0.340 e. The standard InChI is InChI=1S/C21H21N3O4/c1-4-28-18(25)16-10-5-6-11-17(16)24-20(27)21(2,3)19(26)23-15-9-7-8-14(12-15)13-22/h5-12H,4H2,1-3H3,(H,23,26)(H,24,27). The van der Waals surface area contributed by atoms with Crippen molar-refractivity contribution in [2.75, 3.05) is 17.2 Å². The molecule has 28 heavy (non-hydrogen) atoms. The van der Waals surface area contributed by atoms with Gasteiger partial charge in [0.1, 0.15) is 5.41 Å². The maximum Gasteiger partial charge on any atom is 0.340 e. The Kier molecular flexibility index (Phi) is 6.51. The second kappa shape index (κ2) is 8.82. The van der Waals surface area contributed by atoms with E-state index in [1.165, 1.54) is 26.0 Å². The number of rotatable bonds is 6. The molecular formula is C21H21N3O4. The fourth-order valence-corrected chi connectivity index (χ4v) is 2.31.